The largest absolute Gasteiger partial charge is 0.282 e. The van der Waals surface area contributed by atoms with Gasteiger partial charge in [-0.05, 0) is 36.6 Å². The Labute approximate surface area is 168 Å². The van der Waals surface area contributed by atoms with Gasteiger partial charge in [-0.2, -0.15) is 4.31 Å². The molecule has 9 heteroatoms. The molecule has 2 heterocycles. The lowest BCUT2D eigenvalue weighted by Gasteiger charge is -2.22. The molecule has 0 aliphatic rings. The summed E-state index contributed by atoms with van der Waals surface area (Å²) in [6, 6.07) is 7.71. The number of aromatic nitrogens is 2. The predicted octanol–water partition coefficient (Wildman–Crippen LogP) is 2.73. The second kappa shape index (κ2) is 7.94. The van der Waals surface area contributed by atoms with E-state index < -0.39 is 10.0 Å². The van der Waals surface area contributed by atoms with Crippen LogP contribution in [0.2, 0.25) is 0 Å². The van der Waals surface area contributed by atoms with Crippen molar-refractivity contribution in [3.05, 3.63) is 53.3 Å². The molecule has 0 fully saturated rings. The van der Waals surface area contributed by atoms with Crippen molar-refractivity contribution in [2.75, 3.05) is 24.7 Å². The van der Waals surface area contributed by atoms with Crippen molar-refractivity contribution in [1.29, 1.82) is 0 Å². The van der Waals surface area contributed by atoms with Gasteiger partial charge in [0, 0.05) is 19.4 Å². The summed E-state index contributed by atoms with van der Waals surface area (Å²) in [5, 5.41) is 0.545. The van der Waals surface area contributed by atoms with Gasteiger partial charge in [-0.25, -0.2) is 13.4 Å². The number of aryl methyl sites for hydroxylation is 2. The summed E-state index contributed by atoms with van der Waals surface area (Å²) in [6.07, 6.45) is 4.43. The molecule has 1 amide bonds. The SMILES string of the molecule is Cc1ccc(C)c2sc(N(Cc3cccnc3)C(=O)CN(C)S(C)(=O)=O)nc12. The Morgan fingerprint density at radius 3 is 2.50 bits per heavy atom. The highest BCUT2D eigenvalue weighted by molar-refractivity contribution is 7.88. The topological polar surface area (TPSA) is 83.5 Å². The molecule has 148 valence electrons. The molecule has 1 aromatic carbocycles. The number of hydrogen-bond acceptors (Lipinski definition) is 6. The van der Waals surface area contributed by atoms with Crippen LogP contribution in [0, 0.1) is 13.8 Å². The van der Waals surface area contributed by atoms with E-state index in [1.165, 1.54) is 23.3 Å². The fourth-order valence-electron chi connectivity index (χ4n) is 2.69. The summed E-state index contributed by atoms with van der Waals surface area (Å²) >= 11 is 1.43. The molecule has 7 nitrogen and oxygen atoms in total. The van der Waals surface area contributed by atoms with Gasteiger partial charge in [-0.3, -0.25) is 14.7 Å². The summed E-state index contributed by atoms with van der Waals surface area (Å²) in [7, 11) is -2.08. The Morgan fingerprint density at radius 1 is 1.18 bits per heavy atom. The van der Waals surface area contributed by atoms with Gasteiger partial charge in [0.1, 0.15) is 0 Å². The van der Waals surface area contributed by atoms with E-state index in [0.29, 0.717) is 5.13 Å². The number of fused-ring (bicyclic) bond motifs is 1. The fourth-order valence-corrected chi connectivity index (χ4v) is 4.17. The number of benzene rings is 1. The first-order chi connectivity index (χ1) is 13.2. The van der Waals surface area contributed by atoms with E-state index >= 15 is 0 Å². The normalized spacial score (nSPS) is 11.9. The van der Waals surface area contributed by atoms with E-state index in [4.69, 9.17) is 4.98 Å². The molecule has 3 aromatic rings. The maximum absolute atomic E-state index is 13.0. The van der Waals surface area contributed by atoms with Crippen LogP contribution in [0.5, 0.6) is 0 Å². The molecule has 0 unspecified atom stereocenters. The Kier molecular flexibility index (Phi) is 5.78. The lowest BCUT2D eigenvalue weighted by atomic mass is 10.1. The van der Waals surface area contributed by atoms with Crippen molar-refractivity contribution < 1.29 is 13.2 Å². The fraction of sp³-hybridized carbons (Fsp3) is 0.316. The Balaban J connectivity index is 2.02. The van der Waals surface area contributed by atoms with Crippen LogP contribution >= 0.6 is 11.3 Å². The zero-order valence-electron chi connectivity index (χ0n) is 16.2. The highest BCUT2D eigenvalue weighted by Gasteiger charge is 2.25. The number of likely N-dealkylation sites (N-methyl/N-ethyl adjacent to an activating group) is 1. The molecule has 0 radical (unpaired) electrons. The van der Waals surface area contributed by atoms with Crippen LogP contribution in [0.3, 0.4) is 0 Å². The van der Waals surface area contributed by atoms with E-state index in [1.807, 2.05) is 32.0 Å². The first kappa shape index (κ1) is 20.4. The standard InChI is InChI=1S/C19H22N4O3S2/c1-13-7-8-14(2)18-17(13)21-19(27-18)23(11-15-6-5-9-20-10-15)16(24)12-22(3)28(4,25)26/h5-10H,11-12H2,1-4H3. The highest BCUT2D eigenvalue weighted by Crippen LogP contribution is 2.33. The molecule has 0 N–H and O–H groups in total. The van der Waals surface area contributed by atoms with Gasteiger partial charge in [0.25, 0.3) is 0 Å². The third kappa shape index (κ3) is 4.37. The number of thiazole rings is 1. The van der Waals surface area contributed by atoms with Crippen LogP contribution in [-0.2, 0) is 21.4 Å². The van der Waals surface area contributed by atoms with E-state index in [2.05, 4.69) is 4.98 Å². The molecule has 0 saturated heterocycles. The van der Waals surface area contributed by atoms with Crippen molar-refractivity contribution in [3.8, 4) is 0 Å². The second-order valence-electron chi connectivity index (χ2n) is 6.73. The van der Waals surface area contributed by atoms with Crippen molar-refractivity contribution in [2.24, 2.45) is 0 Å². The number of pyridine rings is 1. The lowest BCUT2D eigenvalue weighted by molar-refractivity contribution is -0.118. The zero-order valence-corrected chi connectivity index (χ0v) is 17.8. The average molecular weight is 419 g/mol. The molecule has 0 spiro atoms. The number of hydrogen-bond donors (Lipinski definition) is 0. The van der Waals surface area contributed by atoms with E-state index in [0.717, 1.165) is 37.5 Å². The van der Waals surface area contributed by atoms with Gasteiger partial charge >= 0.3 is 0 Å². The molecule has 0 saturated carbocycles. The maximum atomic E-state index is 13.0. The Morgan fingerprint density at radius 2 is 1.89 bits per heavy atom. The van der Waals surface area contributed by atoms with Gasteiger partial charge in [0.05, 0.1) is 29.6 Å². The minimum absolute atomic E-state index is 0.257. The molecular weight excluding hydrogens is 396 g/mol. The number of carbonyl (C=O) groups excluding carboxylic acids is 1. The number of sulfonamides is 1. The molecule has 0 aliphatic heterocycles. The zero-order chi connectivity index (χ0) is 20.5. The van der Waals surface area contributed by atoms with E-state index in [9.17, 15) is 13.2 Å². The highest BCUT2D eigenvalue weighted by atomic mass is 32.2. The molecule has 3 rings (SSSR count). The van der Waals surface area contributed by atoms with Crippen LogP contribution in [-0.4, -0.2) is 48.4 Å². The first-order valence-electron chi connectivity index (χ1n) is 8.64. The molecule has 0 atom stereocenters. The second-order valence-corrected chi connectivity index (χ2v) is 9.80. The summed E-state index contributed by atoms with van der Waals surface area (Å²) in [4.78, 5) is 23.3. The molecule has 28 heavy (non-hydrogen) atoms. The van der Waals surface area contributed by atoms with Gasteiger partial charge < -0.3 is 0 Å². The van der Waals surface area contributed by atoms with Gasteiger partial charge in [0.15, 0.2) is 5.13 Å². The number of anilines is 1. The van der Waals surface area contributed by atoms with Crippen LogP contribution in [0.1, 0.15) is 16.7 Å². The number of carbonyl (C=O) groups is 1. The smallest absolute Gasteiger partial charge is 0.244 e. The minimum atomic E-state index is -3.47. The van der Waals surface area contributed by atoms with Crippen molar-refractivity contribution in [1.82, 2.24) is 14.3 Å². The van der Waals surface area contributed by atoms with Gasteiger partial charge in [0.2, 0.25) is 15.9 Å². The van der Waals surface area contributed by atoms with E-state index in [-0.39, 0.29) is 19.0 Å². The minimum Gasteiger partial charge on any atom is -0.282 e. The van der Waals surface area contributed by atoms with Crippen LogP contribution < -0.4 is 4.90 Å². The molecule has 2 aromatic heterocycles. The summed E-state index contributed by atoms with van der Waals surface area (Å²) in [5.74, 6) is -0.342. The van der Waals surface area contributed by atoms with Crippen LogP contribution in [0.4, 0.5) is 5.13 Å². The van der Waals surface area contributed by atoms with Crippen LogP contribution in [0.25, 0.3) is 10.2 Å². The maximum Gasteiger partial charge on any atom is 0.244 e. The van der Waals surface area contributed by atoms with Crippen LogP contribution in [0.15, 0.2) is 36.7 Å². The summed E-state index contributed by atoms with van der Waals surface area (Å²) < 4.78 is 25.6. The lowest BCUT2D eigenvalue weighted by Crippen LogP contribution is -2.40. The number of rotatable bonds is 6. The third-order valence-electron chi connectivity index (χ3n) is 4.45. The van der Waals surface area contributed by atoms with Crippen molar-refractivity contribution >= 4 is 42.6 Å². The van der Waals surface area contributed by atoms with Crippen molar-refractivity contribution in [3.63, 3.8) is 0 Å². The Hall–Kier alpha value is -2.36. The average Bonchev–Trinajstić information content (AvgIpc) is 3.09. The summed E-state index contributed by atoms with van der Waals surface area (Å²) in [6.45, 7) is 4.00. The molecular formula is C19H22N4O3S2. The molecule has 0 bridgehead atoms. The van der Waals surface area contributed by atoms with E-state index in [1.54, 1.807) is 18.5 Å². The van der Waals surface area contributed by atoms with Crippen molar-refractivity contribution in [2.45, 2.75) is 20.4 Å². The molecule has 0 aliphatic carbocycles. The van der Waals surface area contributed by atoms with Gasteiger partial charge in [-0.15, -0.1) is 0 Å². The number of amides is 1. The van der Waals surface area contributed by atoms with Gasteiger partial charge in [-0.1, -0.05) is 29.5 Å². The summed E-state index contributed by atoms with van der Waals surface area (Å²) in [5.41, 5.74) is 3.82. The number of nitrogens with zero attached hydrogens (tertiary/aromatic N) is 4. The first-order valence-corrected chi connectivity index (χ1v) is 11.3. The quantitative estimate of drug-likeness (QED) is 0.615. The predicted molar refractivity (Wildman–Crippen MR) is 112 cm³/mol. The Bertz CT molecular complexity index is 1070. The third-order valence-corrected chi connectivity index (χ3v) is 6.93. The monoisotopic (exact) mass is 418 g/mol.